The fourth-order valence-electron chi connectivity index (χ4n) is 2.55. The summed E-state index contributed by atoms with van der Waals surface area (Å²) in [7, 11) is 0. The van der Waals surface area contributed by atoms with Crippen molar-refractivity contribution in [3.8, 4) is 0 Å². The molecule has 4 unspecified atom stereocenters. The second-order valence-electron chi connectivity index (χ2n) is 4.75. The molecule has 0 aromatic carbocycles. The fraction of sp³-hybridized carbons (Fsp3) is 1.00. The average molecular weight is 199 g/mol. The fourth-order valence-corrected chi connectivity index (χ4v) is 4.26. The first-order valence-corrected chi connectivity index (χ1v) is 6.59. The molecule has 0 bridgehead atoms. The Labute approximate surface area is 86.0 Å². The average Bonchev–Trinajstić information content (AvgIpc) is 2.25. The second-order valence-corrected chi connectivity index (χ2v) is 6.44. The number of hydrogen-bond acceptors (Lipinski definition) is 2. The summed E-state index contributed by atoms with van der Waals surface area (Å²) in [5, 5.41) is 5.49. The van der Waals surface area contributed by atoms with Crippen LogP contribution in [0.3, 0.4) is 0 Å². The van der Waals surface area contributed by atoms with Gasteiger partial charge in [0.25, 0.3) is 0 Å². The molecular formula is C11H21NS. The maximum absolute atomic E-state index is 3.71. The van der Waals surface area contributed by atoms with Crippen molar-refractivity contribution < 1.29 is 0 Å². The Bertz CT molecular complexity index is 169. The molecule has 0 aromatic rings. The minimum atomic E-state index is 0.825. The molecule has 1 saturated heterocycles. The molecule has 4 atom stereocenters. The monoisotopic (exact) mass is 199 g/mol. The van der Waals surface area contributed by atoms with E-state index in [4.69, 9.17) is 0 Å². The quantitative estimate of drug-likeness (QED) is 0.644. The summed E-state index contributed by atoms with van der Waals surface area (Å²) in [6.07, 6.45) is 5.63. The van der Waals surface area contributed by atoms with Crippen molar-refractivity contribution >= 4 is 11.8 Å². The summed E-state index contributed by atoms with van der Waals surface area (Å²) in [5.41, 5.74) is 0. The van der Waals surface area contributed by atoms with Crippen LogP contribution in [0.2, 0.25) is 0 Å². The molecule has 1 heterocycles. The molecule has 2 heteroatoms. The van der Waals surface area contributed by atoms with E-state index >= 15 is 0 Å². The molecule has 2 fully saturated rings. The smallest absolute Gasteiger partial charge is 0.0206 e. The third-order valence-electron chi connectivity index (χ3n) is 3.42. The lowest BCUT2D eigenvalue weighted by Crippen LogP contribution is -2.41. The molecule has 0 amide bonds. The minimum Gasteiger partial charge on any atom is -0.313 e. The Kier molecular flexibility index (Phi) is 3.20. The Morgan fingerprint density at radius 1 is 1.15 bits per heavy atom. The molecule has 2 aliphatic rings. The third-order valence-corrected chi connectivity index (χ3v) is 4.99. The number of hydrogen-bond donors (Lipinski definition) is 1. The SMILES string of the molecule is CC1CCC2NCCC(C)SC2C1. The van der Waals surface area contributed by atoms with Gasteiger partial charge in [0.15, 0.2) is 0 Å². The van der Waals surface area contributed by atoms with Gasteiger partial charge < -0.3 is 5.32 Å². The van der Waals surface area contributed by atoms with Gasteiger partial charge in [-0.25, -0.2) is 0 Å². The van der Waals surface area contributed by atoms with Crippen LogP contribution in [-0.4, -0.2) is 23.1 Å². The zero-order chi connectivity index (χ0) is 9.26. The lowest BCUT2D eigenvalue weighted by atomic mass is 9.87. The number of rotatable bonds is 0. The molecule has 0 aromatic heterocycles. The largest absolute Gasteiger partial charge is 0.313 e. The topological polar surface area (TPSA) is 12.0 Å². The van der Waals surface area contributed by atoms with Crippen LogP contribution in [0, 0.1) is 5.92 Å². The van der Waals surface area contributed by atoms with E-state index in [0.717, 1.165) is 22.5 Å². The molecule has 76 valence electrons. The standard InChI is InChI=1S/C11H21NS/c1-8-3-4-10-11(7-8)13-9(2)5-6-12-10/h8-12H,3-7H2,1-2H3. The van der Waals surface area contributed by atoms with Gasteiger partial charge >= 0.3 is 0 Å². The van der Waals surface area contributed by atoms with Crippen LogP contribution in [0.4, 0.5) is 0 Å². The summed E-state index contributed by atoms with van der Waals surface area (Å²) in [5.74, 6) is 0.959. The van der Waals surface area contributed by atoms with Crippen LogP contribution < -0.4 is 5.32 Å². The van der Waals surface area contributed by atoms with E-state index in [1.165, 1.54) is 32.2 Å². The maximum Gasteiger partial charge on any atom is 0.0206 e. The van der Waals surface area contributed by atoms with Crippen molar-refractivity contribution in [2.45, 2.75) is 56.1 Å². The second kappa shape index (κ2) is 4.22. The Hall–Kier alpha value is 0.310. The minimum absolute atomic E-state index is 0.825. The summed E-state index contributed by atoms with van der Waals surface area (Å²) in [6.45, 7) is 6.03. The first-order valence-electron chi connectivity index (χ1n) is 5.64. The number of fused-ring (bicyclic) bond motifs is 1. The number of nitrogens with one attached hydrogen (secondary N) is 1. The van der Waals surface area contributed by atoms with Crippen LogP contribution in [0.1, 0.15) is 39.5 Å². The predicted octanol–water partition coefficient (Wildman–Crippen LogP) is 2.66. The molecule has 1 nitrogen and oxygen atoms in total. The van der Waals surface area contributed by atoms with Crippen molar-refractivity contribution in [2.24, 2.45) is 5.92 Å². The van der Waals surface area contributed by atoms with Crippen molar-refractivity contribution in [3.63, 3.8) is 0 Å². The highest BCUT2D eigenvalue weighted by Crippen LogP contribution is 2.36. The van der Waals surface area contributed by atoms with Gasteiger partial charge in [0.1, 0.15) is 0 Å². The van der Waals surface area contributed by atoms with Gasteiger partial charge in [-0.15, -0.1) is 0 Å². The third kappa shape index (κ3) is 2.41. The van der Waals surface area contributed by atoms with Crippen LogP contribution in [-0.2, 0) is 0 Å². The van der Waals surface area contributed by atoms with Crippen LogP contribution >= 0.6 is 11.8 Å². The van der Waals surface area contributed by atoms with Crippen molar-refractivity contribution in [1.82, 2.24) is 5.32 Å². The summed E-state index contributed by atoms with van der Waals surface area (Å²) < 4.78 is 0. The van der Waals surface area contributed by atoms with Crippen molar-refractivity contribution in [1.29, 1.82) is 0 Å². The lowest BCUT2D eigenvalue weighted by Gasteiger charge is -2.34. The molecule has 0 radical (unpaired) electrons. The molecule has 0 spiro atoms. The highest BCUT2D eigenvalue weighted by Gasteiger charge is 2.31. The van der Waals surface area contributed by atoms with Gasteiger partial charge in [0.2, 0.25) is 0 Å². The van der Waals surface area contributed by atoms with Gasteiger partial charge in [-0.05, 0) is 38.1 Å². The van der Waals surface area contributed by atoms with E-state index < -0.39 is 0 Å². The van der Waals surface area contributed by atoms with Gasteiger partial charge in [0, 0.05) is 16.5 Å². The zero-order valence-electron chi connectivity index (χ0n) is 8.75. The molecular weight excluding hydrogens is 178 g/mol. The van der Waals surface area contributed by atoms with E-state index in [9.17, 15) is 0 Å². The summed E-state index contributed by atoms with van der Waals surface area (Å²) in [4.78, 5) is 0. The Balaban J connectivity index is 1.98. The van der Waals surface area contributed by atoms with Crippen molar-refractivity contribution in [3.05, 3.63) is 0 Å². The normalized spacial score (nSPS) is 46.6. The molecule has 2 rings (SSSR count). The molecule has 13 heavy (non-hydrogen) atoms. The highest BCUT2D eigenvalue weighted by molar-refractivity contribution is 8.00. The van der Waals surface area contributed by atoms with E-state index in [-0.39, 0.29) is 0 Å². The lowest BCUT2D eigenvalue weighted by molar-refractivity contribution is 0.321. The summed E-state index contributed by atoms with van der Waals surface area (Å²) in [6, 6.07) is 0.825. The van der Waals surface area contributed by atoms with Gasteiger partial charge in [-0.3, -0.25) is 0 Å². The Morgan fingerprint density at radius 2 is 2.00 bits per heavy atom. The van der Waals surface area contributed by atoms with E-state index in [2.05, 4.69) is 30.9 Å². The first kappa shape index (κ1) is 9.85. The van der Waals surface area contributed by atoms with E-state index in [1.807, 2.05) is 0 Å². The first-order chi connectivity index (χ1) is 6.25. The van der Waals surface area contributed by atoms with Gasteiger partial charge in [-0.2, -0.15) is 11.8 Å². The molecule has 1 saturated carbocycles. The van der Waals surface area contributed by atoms with Gasteiger partial charge in [-0.1, -0.05) is 13.8 Å². The van der Waals surface area contributed by atoms with Crippen molar-refractivity contribution in [2.75, 3.05) is 6.54 Å². The number of thioether (sulfide) groups is 1. The highest BCUT2D eigenvalue weighted by atomic mass is 32.2. The molecule has 1 aliphatic heterocycles. The molecule has 1 aliphatic carbocycles. The Morgan fingerprint density at radius 3 is 2.85 bits per heavy atom. The van der Waals surface area contributed by atoms with Gasteiger partial charge in [0.05, 0.1) is 0 Å². The van der Waals surface area contributed by atoms with Crippen LogP contribution in [0.25, 0.3) is 0 Å². The van der Waals surface area contributed by atoms with Crippen LogP contribution in [0.5, 0.6) is 0 Å². The van der Waals surface area contributed by atoms with E-state index in [1.54, 1.807) is 0 Å². The molecule has 1 N–H and O–H groups in total. The predicted molar refractivity (Wildman–Crippen MR) is 60.3 cm³/mol. The van der Waals surface area contributed by atoms with Crippen LogP contribution in [0.15, 0.2) is 0 Å². The zero-order valence-corrected chi connectivity index (χ0v) is 9.57. The maximum atomic E-state index is 3.71. The summed E-state index contributed by atoms with van der Waals surface area (Å²) >= 11 is 2.23. The van der Waals surface area contributed by atoms with E-state index in [0.29, 0.717) is 0 Å².